The van der Waals surface area contributed by atoms with Crippen LogP contribution in [0.4, 0.5) is 0 Å². The molecule has 0 aliphatic heterocycles. The molecule has 0 radical (unpaired) electrons. The first kappa shape index (κ1) is 14.9. The van der Waals surface area contributed by atoms with Crippen LogP contribution in [0, 0.1) is 5.92 Å². The first-order valence-corrected chi connectivity index (χ1v) is 6.45. The molecule has 2 unspecified atom stereocenters. The molecule has 0 amide bonds. The van der Waals surface area contributed by atoms with Gasteiger partial charge < -0.3 is 10.5 Å². The second-order valence-electron chi connectivity index (χ2n) is 4.56. The Morgan fingerprint density at radius 3 is 2.00 bits per heavy atom. The van der Waals surface area contributed by atoms with Crippen LogP contribution in [-0.4, -0.2) is 18.2 Å². The fourth-order valence-corrected chi connectivity index (χ4v) is 2.19. The van der Waals surface area contributed by atoms with Crippen molar-refractivity contribution in [1.29, 1.82) is 0 Å². The molecular formula is C13H29NO. The Bertz CT molecular complexity index is 155. The normalized spacial score (nSPS) is 16.4. The van der Waals surface area contributed by atoms with Crippen molar-refractivity contribution in [3.63, 3.8) is 0 Å². The molecule has 0 spiro atoms. The third-order valence-corrected chi connectivity index (χ3v) is 3.66. The summed E-state index contributed by atoms with van der Waals surface area (Å²) in [5, 5.41) is 0. The molecule has 2 atom stereocenters. The molecule has 0 aliphatic carbocycles. The van der Waals surface area contributed by atoms with Crippen molar-refractivity contribution < 1.29 is 4.74 Å². The van der Waals surface area contributed by atoms with Gasteiger partial charge in [0.25, 0.3) is 0 Å². The van der Waals surface area contributed by atoms with E-state index in [-0.39, 0.29) is 11.6 Å². The van der Waals surface area contributed by atoms with Crippen LogP contribution in [-0.2, 0) is 4.74 Å². The Labute approximate surface area is 95.6 Å². The summed E-state index contributed by atoms with van der Waals surface area (Å²) in [6.45, 7) is 11.6. The highest BCUT2D eigenvalue weighted by Gasteiger charge is 2.34. The molecule has 0 fully saturated rings. The van der Waals surface area contributed by atoms with Crippen LogP contribution in [0.2, 0.25) is 0 Å². The lowest BCUT2D eigenvalue weighted by molar-refractivity contribution is -0.0676. The molecule has 0 bridgehead atoms. The first-order valence-electron chi connectivity index (χ1n) is 6.45. The largest absolute Gasteiger partial charge is 0.374 e. The van der Waals surface area contributed by atoms with E-state index in [1.807, 2.05) is 0 Å². The van der Waals surface area contributed by atoms with Gasteiger partial charge in [0.05, 0.1) is 5.60 Å². The van der Waals surface area contributed by atoms with Gasteiger partial charge in [-0.3, -0.25) is 0 Å². The molecule has 0 saturated carbocycles. The fraction of sp³-hybridized carbons (Fsp3) is 1.00. The van der Waals surface area contributed by atoms with Gasteiger partial charge in [0.2, 0.25) is 0 Å². The maximum atomic E-state index is 6.31. The quantitative estimate of drug-likeness (QED) is 0.674. The van der Waals surface area contributed by atoms with Crippen LogP contribution >= 0.6 is 0 Å². The molecule has 2 nitrogen and oxygen atoms in total. The minimum absolute atomic E-state index is 0.0990. The molecule has 2 N–H and O–H groups in total. The summed E-state index contributed by atoms with van der Waals surface area (Å²) in [5.74, 6) is 0.693. The van der Waals surface area contributed by atoms with E-state index in [1.54, 1.807) is 0 Å². The predicted octanol–water partition coefficient (Wildman–Crippen LogP) is 3.35. The Balaban J connectivity index is 4.45. The Morgan fingerprint density at radius 2 is 1.67 bits per heavy atom. The van der Waals surface area contributed by atoms with E-state index in [0.29, 0.717) is 5.92 Å². The van der Waals surface area contributed by atoms with Crippen LogP contribution in [0.15, 0.2) is 0 Å². The molecule has 2 heteroatoms. The molecule has 0 aromatic heterocycles. The number of hydrogen-bond donors (Lipinski definition) is 1. The molecule has 0 aromatic rings. The molecule has 0 aromatic carbocycles. The Morgan fingerprint density at radius 1 is 1.13 bits per heavy atom. The average molecular weight is 215 g/mol. The highest BCUT2D eigenvalue weighted by molar-refractivity contribution is 4.90. The number of nitrogens with two attached hydrogens (primary N) is 1. The lowest BCUT2D eigenvalue weighted by atomic mass is 9.83. The number of hydrogen-bond acceptors (Lipinski definition) is 2. The molecule has 0 rings (SSSR count). The van der Waals surface area contributed by atoms with Crippen LogP contribution < -0.4 is 5.73 Å². The zero-order chi connectivity index (χ0) is 11.9. The lowest BCUT2D eigenvalue weighted by Crippen LogP contribution is -2.50. The second kappa shape index (κ2) is 7.24. The maximum absolute atomic E-state index is 6.31. The second-order valence-corrected chi connectivity index (χ2v) is 4.56. The zero-order valence-corrected chi connectivity index (χ0v) is 11.2. The SMILES string of the molecule is CCOC(CC)(CC)C(N)CC(C)CC. The number of ether oxygens (including phenoxy) is 1. The smallest absolute Gasteiger partial charge is 0.0827 e. The maximum Gasteiger partial charge on any atom is 0.0827 e. The summed E-state index contributed by atoms with van der Waals surface area (Å²) in [4.78, 5) is 0. The van der Waals surface area contributed by atoms with Gasteiger partial charge in [-0.25, -0.2) is 0 Å². The molecule has 0 saturated heterocycles. The van der Waals surface area contributed by atoms with Crippen molar-refractivity contribution in [1.82, 2.24) is 0 Å². The van der Waals surface area contributed by atoms with Crippen LogP contribution in [0.5, 0.6) is 0 Å². The van der Waals surface area contributed by atoms with Crippen molar-refractivity contribution in [2.24, 2.45) is 11.7 Å². The van der Waals surface area contributed by atoms with Gasteiger partial charge in [0.1, 0.15) is 0 Å². The van der Waals surface area contributed by atoms with Crippen molar-refractivity contribution in [3.05, 3.63) is 0 Å². The minimum Gasteiger partial charge on any atom is -0.374 e. The highest BCUT2D eigenvalue weighted by Crippen LogP contribution is 2.28. The Kier molecular flexibility index (Phi) is 7.20. The van der Waals surface area contributed by atoms with E-state index in [0.717, 1.165) is 25.9 Å². The van der Waals surface area contributed by atoms with Crippen LogP contribution in [0.1, 0.15) is 60.3 Å². The van der Waals surface area contributed by atoms with Gasteiger partial charge in [0, 0.05) is 12.6 Å². The van der Waals surface area contributed by atoms with Crippen LogP contribution in [0.3, 0.4) is 0 Å². The summed E-state index contributed by atoms with van der Waals surface area (Å²) < 4.78 is 5.91. The Hall–Kier alpha value is -0.0800. The molecule has 92 valence electrons. The van der Waals surface area contributed by atoms with Gasteiger partial charge in [0.15, 0.2) is 0 Å². The third-order valence-electron chi connectivity index (χ3n) is 3.66. The zero-order valence-electron chi connectivity index (χ0n) is 11.2. The monoisotopic (exact) mass is 215 g/mol. The highest BCUT2D eigenvalue weighted by atomic mass is 16.5. The third kappa shape index (κ3) is 4.12. The first-order chi connectivity index (χ1) is 7.06. The summed E-state index contributed by atoms with van der Waals surface area (Å²) in [6.07, 6.45) is 4.28. The van der Waals surface area contributed by atoms with E-state index >= 15 is 0 Å². The molecule has 0 aliphatic rings. The van der Waals surface area contributed by atoms with E-state index < -0.39 is 0 Å². The number of rotatable bonds is 8. The molecular weight excluding hydrogens is 186 g/mol. The topological polar surface area (TPSA) is 35.2 Å². The summed E-state index contributed by atoms with van der Waals surface area (Å²) in [7, 11) is 0. The van der Waals surface area contributed by atoms with Gasteiger partial charge >= 0.3 is 0 Å². The van der Waals surface area contributed by atoms with E-state index in [9.17, 15) is 0 Å². The van der Waals surface area contributed by atoms with Crippen molar-refractivity contribution >= 4 is 0 Å². The van der Waals surface area contributed by atoms with Gasteiger partial charge in [-0.05, 0) is 32.1 Å². The fourth-order valence-electron chi connectivity index (χ4n) is 2.19. The van der Waals surface area contributed by atoms with Gasteiger partial charge in [-0.2, -0.15) is 0 Å². The predicted molar refractivity (Wildman–Crippen MR) is 67.0 cm³/mol. The van der Waals surface area contributed by atoms with E-state index in [1.165, 1.54) is 6.42 Å². The van der Waals surface area contributed by atoms with Gasteiger partial charge in [-0.15, -0.1) is 0 Å². The minimum atomic E-state index is -0.0990. The average Bonchev–Trinajstić information content (AvgIpc) is 2.25. The van der Waals surface area contributed by atoms with Crippen LogP contribution in [0.25, 0.3) is 0 Å². The van der Waals surface area contributed by atoms with Crippen molar-refractivity contribution in [3.8, 4) is 0 Å². The van der Waals surface area contributed by atoms with E-state index in [4.69, 9.17) is 10.5 Å². The lowest BCUT2D eigenvalue weighted by Gasteiger charge is -2.38. The molecule has 15 heavy (non-hydrogen) atoms. The molecule has 0 heterocycles. The summed E-state index contributed by atoms with van der Waals surface area (Å²) >= 11 is 0. The van der Waals surface area contributed by atoms with Crippen molar-refractivity contribution in [2.45, 2.75) is 71.9 Å². The van der Waals surface area contributed by atoms with Gasteiger partial charge in [-0.1, -0.05) is 34.1 Å². The summed E-state index contributed by atoms with van der Waals surface area (Å²) in [6, 6.07) is 0.169. The summed E-state index contributed by atoms with van der Waals surface area (Å²) in [5.41, 5.74) is 6.21. The standard InChI is InChI=1S/C13H29NO/c1-6-11(5)10-12(14)13(7-2,8-3)15-9-4/h11-12H,6-10,14H2,1-5H3. The van der Waals surface area contributed by atoms with Crippen molar-refractivity contribution in [2.75, 3.05) is 6.61 Å². The van der Waals surface area contributed by atoms with E-state index in [2.05, 4.69) is 34.6 Å².